The number of carbonyl (C=O) groups excluding carboxylic acids is 1. The molecule has 0 amide bonds. The molecule has 3 heteroatoms. The third-order valence-electron chi connectivity index (χ3n) is 1.82. The second-order valence-electron chi connectivity index (χ2n) is 4.42. The summed E-state index contributed by atoms with van der Waals surface area (Å²) in [7, 11) is 5.77. The molecule has 1 rings (SSSR count). The molecule has 0 aliphatic heterocycles. The summed E-state index contributed by atoms with van der Waals surface area (Å²) < 4.78 is 5.19. The Labute approximate surface area is 92.0 Å². The Bertz CT molecular complexity index is 327. The Morgan fingerprint density at radius 1 is 1.27 bits per heavy atom. The van der Waals surface area contributed by atoms with Crippen LogP contribution in [0.4, 0.5) is 0 Å². The van der Waals surface area contributed by atoms with E-state index in [2.05, 4.69) is 0 Å². The highest BCUT2D eigenvalue weighted by molar-refractivity contribution is 6.23. The second kappa shape index (κ2) is 4.52. The topological polar surface area (TPSA) is 26.3 Å². The van der Waals surface area contributed by atoms with E-state index in [4.69, 9.17) is 12.6 Å². The summed E-state index contributed by atoms with van der Waals surface area (Å²) in [4.78, 5) is 11.6. The first kappa shape index (κ1) is 11.8. The van der Waals surface area contributed by atoms with Crippen LogP contribution in [0.1, 0.15) is 32.2 Å². The van der Waals surface area contributed by atoms with Gasteiger partial charge in [0.05, 0.1) is 7.85 Å². The quantitative estimate of drug-likeness (QED) is 0.543. The van der Waals surface area contributed by atoms with Gasteiger partial charge in [-0.3, -0.25) is 4.79 Å². The van der Waals surface area contributed by atoms with E-state index in [1.54, 1.807) is 0 Å². The lowest BCUT2D eigenvalue weighted by molar-refractivity contribution is -0.154. The minimum absolute atomic E-state index is 0.395. The van der Waals surface area contributed by atoms with Gasteiger partial charge in [-0.1, -0.05) is 30.3 Å². The Morgan fingerprint density at radius 2 is 1.80 bits per heavy atom. The van der Waals surface area contributed by atoms with Gasteiger partial charge in [-0.2, -0.15) is 0 Å². The van der Waals surface area contributed by atoms with E-state index in [-0.39, 0.29) is 0 Å². The second-order valence-corrected chi connectivity index (χ2v) is 4.42. The SMILES string of the molecule is [B]C(C(=O)OC(C)(C)C)c1ccccc1. The molecule has 0 N–H and O–H groups in total. The third-order valence-corrected chi connectivity index (χ3v) is 1.82. The molecule has 2 radical (unpaired) electrons. The summed E-state index contributed by atoms with van der Waals surface area (Å²) in [6, 6.07) is 9.20. The lowest BCUT2D eigenvalue weighted by Crippen LogP contribution is -2.27. The fraction of sp³-hybridized carbons (Fsp3) is 0.417. The maximum Gasteiger partial charge on any atom is 0.304 e. The number of carbonyl (C=O) groups is 1. The van der Waals surface area contributed by atoms with Crippen LogP contribution < -0.4 is 0 Å². The third kappa shape index (κ3) is 3.78. The standard InChI is InChI=1S/C12H15BO2/c1-12(2,3)15-11(14)10(13)9-7-5-4-6-8-9/h4-8,10H,1-3H3. The number of hydrogen-bond donors (Lipinski definition) is 0. The number of benzene rings is 1. The summed E-state index contributed by atoms with van der Waals surface area (Å²) in [6.07, 6.45) is 0. The van der Waals surface area contributed by atoms with Gasteiger partial charge in [-0.05, 0) is 26.3 Å². The minimum atomic E-state index is -0.703. The highest BCUT2D eigenvalue weighted by atomic mass is 16.6. The van der Waals surface area contributed by atoms with Crippen LogP contribution in [0.5, 0.6) is 0 Å². The summed E-state index contributed by atoms with van der Waals surface area (Å²) in [5, 5.41) is 0. The van der Waals surface area contributed by atoms with Crippen LogP contribution in [0.15, 0.2) is 30.3 Å². The molecule has 0 bridgehead atoms. The molecule has 0 fully saturated rings. The van der Waals surface area contributed by atoms with Crippen molar-refractivity contribution in [2.75, 3.05) is 0 Å². The maximum absolute atomic E-state index is 11.6. The molecule has 1 aromatic carbocycles. The van der Waals surface area contributed by atoms with Gasteiger partial charge >= 0.3 is 5.97 Å². The molecule has 0 aliphatic carbocycles. The maximum atomic E-state index is 11.6. The Balaban J connectivity index is 2.70. The molecule has 0 spiro atoms. The molecule has 2 nitrogen and oxygen atoms in total. The van der Waals surface area contributed by atoms with E-state index in [1.165, 1.54) is 0 Å². The zero-order valence-corrected chi connectivity index (χ0v) is 9.36. The van der Waals surface area contributed by atoms with Gasteiger partial charge in [-0.15, -0.1) is 0 Å². The molecule has 1 atom stereocenters. The molecular formula is C12H15BO2. The Morgan fingerprint density at radius 3 is 2.27 bits per heavy atom. The van der Waals surface area contributed by atoms with Gasteiger partial charge in [0.2, 0.25) is 0 Å². The van der Waals surface area contributed by atoms with Crippen molar-refractivity contribution in [1.29, 1.82) is 0 Å². The van der Waals surface area contributed by atoms with Crippen molar-refractivity contribution in [1.82, 2.24) is 0 Å². The molecule has 0 heterocycles. The fourth-order valence-corrected chi connectivity index (χ4v) is 1.16. The average molecular weight is 202 g/mol. The first-order valence-corrected chi connectivity index (χ1v) is 4.93. The van der Waals surface area contributed by atoms with Crippen molar-refractivity contribution >= 4 is 13.8 Å². The number of ether oxygens (including phenoxy) is 1. The molecule has 15 heavy (non-hydrogen) atoms. The molecule has 1 aromatic rings. The monoisotopic (exact) mass is 202 g/mol. The first-order valence-electron chi connectivity index (χ1n) is 4.93. The number of rotatable bonds is 2. The highest BCUT2D eigenvalue weighted by Crippen LogP contribution is 2.17. The lowest BCUT2D eigenvalue weighted by atomic mass is 9.81. The van der Waals surface area contributed by atoms with Gasteiger partial charge in [0.1, 0.15) is 5.60 Å². The normalized spacial score (nSPS) is 13.3. The van der Waals surface area contributed by atoms with Crippen molar-refractivity contribution in [3.63, 3.8) is 0 Å². The van der Waals surface area contributed by atoms with E-state index in [9.17, 15) is 4.79 Å². The molecule has 0 saturated carbocycles. The fourth-order valence-electron chi connectivity index (χ4n) is 1.16. The molecular weight excluding hydrogens is 187 g/mol. The van der Waals surface area contributed by atoms with Crippen LogP contribution in [0.2, 0.25) is 0 Å². The average Bonchev–Trinajstić information content (AvgIpc) is 2.15. The van der Waals surface area contributed by atoms with E-state index in [0.717, 1.165) is 5.56 Å². The van der Waals surface area contributed by atoms with E-state index in [0.29, 0.717) is 0 Å². The van der Waals surface area contributed by atoms with Crippen LogP contribution in [-0.2, 0) is 9.53 Å². The van der Waals surface area contributed by atoms with Crippen molar-refractivity contribution < 1.29 is 9.53 Å². The van der Waals surface area contributed by atoms with Gasteiger partial charge in [0, 0.05) is 5.82 Å². The molecule has 0 saturated heterocycles. The lowest BCUT2D eigenvalue weighted by Gasteiger charge is -2.22. The highest BCUT2D eigenvalue weighted by Gasteiger charge is 2.22. The van der Waals surface area contributed by atoms with E-state index >= 15 is 0 Å². The molecule has 0 aromatic heterocycles. The van der Waals surface area contributed by atoms with E-state index in [1.807, 2.05) is 51.1 Å². The van der Waals surface area contributed by atoms with Gasteiger partial charge in [0.25, 0.3) is 0 Å². The molecule has 1 unspecified atom stereocenters. The van der Waals surface area contributed by atoms with Gasteiger partial charge in [0.15, 0.2) is 0 Å². The van der Waals surface area contributed by atoms with Crippen LogP contribution in [0, 0.1) is 0 Å². The van der Waals surface area contributed by atoms with Gasteiger partial charge < -0.3 is 4.74 Å². The van der Waals surface area contributed by atoms with E-state index < -0.39 is 17.4 Å². The van der Waals surface area contributed by atoms with Crippen molar-refractivity contribution in [2.45, 2.75) is 32.2 Å². The van der Waals surface area contributed by atoms with Crippen LogP contribution >= 0.6 is 0 Å². The minimum Gasteiger partial charge on any atom is -0.460 e. The Hall–Kier alpha value is -1.25. The summed E-state index contributed by atoms with van der Waals surface area (Å²) in [6.45, 7) is 5.47. The van der Waals surface area contributed by atoms with Crippen LogP contribution in [0.25, 0.3) is 0 Å². The number of hydrogen-bond acceptors (Lipinski definition) is 2. The van der Waals surface area contributed by atoms with Gasteiger partial charge in [-0.25, -0.2) is 0 Å². The summed E-state index contributed by atoms with van der Waals surface area (Å²) >= 11 is 0. The molecule has 78 valence electrons. The van der Waals surface area contributed by atoms with Crippen molar-refractivity contribution in [2.24, 2.45) is 0 Å². The van der Waals surface area contributed by atoms with Crippen LogP contribution in [0.3, 0.4) is 0 Å². The smallest absolute Gasteiger partial charge is 0.304 e. The molecule has 0 aliphatic rings. The predicted molar refractivity (Wildman–Crippen MR) is 60.8 cm³/mol. The van der Waals surface area contributed by atoms with Crippen molar-refractivity contribution in [3.8, 4) is 0 Å². The first-order chi connectivity index (χ1) is 6.90. The Kier molecular flexibility index (Phi) is 3.56. The largest absolute Gasteiger partial charge is 0.460 e. The zero-order valence-electron chi connectivity index (χ0n) is 9.36. The summed E-state index contributed by atoms with van der Waals surface area (Å²) in [5.74, 6) is -1.10. The summed E-state index contributed by atoms with van der Waals surface area (Å²) in [5.41, 5.74) is 0.274. The van der Waals surface area contributed by atoms with Crippen LogP contribution in [-0.4, -0.2) is 19.4 Å². The predicted octanol–water partition coefficient (Wildman–Crippen LogP) is 2.24. The zero-order chi connectivity index (χ0) is 11.5. The van der Waals surface area contributed by atoms with Crippen molar-refractivity contribution in [3.05, 3.63) is 35.9 Å². The number of esters is 1.